The zero-order valence-electron chi connectivity index (χ0n) is 15.4. The summed E-state index contributed by atoms with van der Waals surface area (Å²) in [6, 6.07) is 11.6. The number of pyridine rings is 1. The number of para-hydroxylation sites is 1. The molecule has 1 amide bonds. The van der Waals surface area contributed by atoms with Gasteiger partial charge in [-0.2, -0.15) is 0 Å². The molecule has 4 aromatic rings. The van der Waals surface area contributed by atoms with Gasteiger partial charge in [-0.1, -0.05) is 35.2 Å². The van der Waals surface area contributed by atoms with Gasteiger partial charge in [-0.05, 0) is 38.1 Å². The Morgan fingerprint density at radius 2 is 2.00 bits per heavy atom. The second-order valence-corrected chi connectivity index (χ2v) is 8.36. The molecule has 9 heteroatoms. The van der Waals surface area contributed by atoms with E-state index in [-0.39, 0.29) is 11.2 Å². The Balaban J connectivity index is 1.49. The minimum absolute atomic E-state index is 0.111. The van der Waals surface area contributed by atoms with E-state index in [2.05, 4.69) is 25.5 Å². The third kappa shape index (κ3) is 3.76. The highest BCUT2D eigenvalue weighted by molar-refractivity contribution is 8.00. The van der Waals surface area contributed by atoms with Crippen LogP contribution in [-0.2, 0) is 11.3 Å². The second-order valence-electron chi connectivity index (χ2n) is 6.02. The first-order chi connectivity index (χ1) is 13.7. The minimum atomic E-state index is -0.341. The zero-order chi connectivity index (χ0) is 19.5. The molecule has 0 bridgehead atoms. The number of nitrogens with zero attached hydrogens (tertiary/aromatic N) is 5. The molecule has 0 aliphatic rings. The molecule has 0 unspecified atom stereocenters. The summed E-state index contributed by atoms with van der Waals surface area (Å²) in [4.78, 5) is 21.1. The monoisotopic (exact) mass is 410 g/mol. The summed E-state index contributed by atoms with van der Waals surface area (Å²) in [5.41, 5.74) is 1.83. The van der Waals surface area contributed by atoms with Gasteiger partial charge in [-0.15, -0.1) is 10.2 Å². The van der Waals surface area contributed by atoms with Gasteiger partial charge in [0.2, 0.25) is 5.91 Å². The van der Waals surface area contributed by atoms with Crippen LogP contribution in [0.3, 0.4) is 0 Å². The van der Waals surface area contributed by atoms with E-state index in [1.807, 2.05) is 54.8 Å². The van der Waals surface area contributed by atoms with Crippen molar-refractivity contribution in [2.45, 2.75) is 30.8 Å². The average Bonchev–Trinajstić information content (AvgIpc) is 3.31. The van der Waals surface area contributed by atoms with Crippen molar-refractivity contribution in [1.29, 1.82) is 0 Å². The van der Waals surface area contributed by atoms with Crippen LogP contribution in [0.4, 0.5) is 5.13 Å². The molecule has 0 spiro atoms. The normalized spacial score (nSPS) is 12.2. The molecule has 1 N–H and O–H groups in total. The van der Waals surface area contributed by atoms with Crippen LogP contribution in [0.15, 0.2) is 53.9 Å². The molecule has 0 aliphatic carbocycles. The molecule has 1 aromatic carbocycles. The standard InChI is InChI=1S/C19H18N6OS2/c1-3-25-16(13-8-10-20-11-9-13)23-24-19(25)27-12(2)17(26)22-18-21-14-6-4-5-7-15(14)28-18/h4-12H,3H2,1-2H3,(H,21,22,26)/t12-/m1/s1. The zero-order valence-corrected chi connectivity index (χ0v) is 17.0. The largest absolute Gasteiger partial charge is 0.302 e. The first kappa shape index (κ1) is 18.6. The van der Waals surface area contributed by atoms with Gasteiger partial charge in [0.15, 0.2) is 16.1 Å². The highest BCUT2D eigenvalue weighted by Crippen LogP contribution is 2.29. The van der Waals surface area contributed by atoms with Gasteiger partial charge in [-0.3, -0.25) is 9.78 Å². The lowest BCUT2D eigenvalue weighted by Crippen LogP contribution is -2.22. The summed E-state index contributed by atoms with van der Waals surface area (Å²) in [5.74, 6) is 0.659. The predicted molar refractivity (Wildman–Crippen MR) is 112 cm³/mol. The van der Waals surface area contributed by atoms with Gasteiger partial charge in [0.1, 0.15) is 0 Å². The quantitative estimate of drug-likeness (QED) is 0.482. The Bertz CT molecular complexity index is 1080. The lowest BCUT2D eigenvalue weighted by Gasteiger charge is -2.11. The SMILES string of the molecule is CCn1c(S[C@H](C)C(=O)Nc2nc3ccccc3s2)nnc1-c1ccncc1. The van der Waals surface area contributed by atoms with Crippen LogP contribution in [0.1, 0.15) is 13.8 Å². The van der Waals surface area contributed by atoms with Crippen molar-refractivity contribution in [3.63, 3.8) is 0 Å². The van der Waals surface area contributed by atoms with Crippen molar-refractivity contribution in [3.8, 4) is 11.4 Å². The van der Waals surface area contributed by atoms with Gasteiger partial charge < -0.3 is 9.88 Å². The maximum absolute atomic E-state index is 12.6. The summed E-state index contributed by atoms with van der Waals surface area (Å²) in [6.07, 6.45) is 3.45. The van der Waals surface area contributed by atoms with Crippen LogP contribution in [0, 0.1) is 0 Å². The van der Waals surface area contributed by atoms with Crippen LogP contribution in [-0.4, -0.2) is 35.9 Å². The number of nitrogens with one attached hydrogen (secondary N) is 1. The first-order valence-electron chi connectivity index (χ1n) is 8.82. The molecule has 28 heavy (non-hydrogen) atoms. The van der Waals surface area contributed by atoms with Gasteiger partial charge in [0.25, 0.3) is 0 Å². The number of thiazole rings is 1. The molecule has 0 radical (unpaired) electrons. The molecule has 0 saturated carbocycles. The van der Waals surface area contributed by atoms with Crippen molar-refractivity contribution >= 4 is 44.4 Å². The number of aromatic nitrogens is 5. The lowest BCUT2D eigenvalue weighted by atomic mass is 10.2. The summed E-state index contributed by atoms with van der Waals surface area (Å²) < 4.78 is 3.05. The van der Waals surface area contributed by atoms with Crippen LogP contribution in [0.5, 0.6) is 0 Å². The highest BCUT2D eigenvalue weighted by atomic mass is 32.2. The van der Waals surface area contributed by atoms with E-state index in [1.165, 1.54) is 23.1 Å². The second kappa shape index (κ2) is 8.07. The first-order valence-corrected chi connectivity index (χ1v) is 10.5. The molecule has 1 atom stereocenters. The molecule has 3 heterocycles. The fourth-order valence-electron chi connectivity index (χ4n) is 2.72. The number of carbonyl (C=O) groups excluding carboxylic acids is 1. The summed E-state index contributed by atoms with van der Waals surface area (Å²) in [7, 11) is 0. The summed E-state index contributed by atoms with van der Waals surface area (Å²) >= 11 is 2.85. The third-order valence-corrected chi connectivity index (χ3v) is 6.18. The molecule has 142 valence electrons. The number of anilines is 1. The maximum atomic E-state index is 12.6. The molecule has 0 aliphatic heterocycles. The van der Waals surface area contributed by atoms with Crippen LogP contribution < -0.4 is 5.32 Å². The van der Waals surface area contributed by atoms with Crippen molar-refractivity contribution in [1.82, 2.24) is 24.7 Å². The fourth-order valence-corrected chi connectivity index (χ4v) is 4.50. The topological polar surface area (TPSA) is 85.6 Å². The third-order valence-electron chi connectivity index (χ3n) is 4.15. The van der Waals surface area contributed by atoms with Crippen LogP contribution >= 0.6 is 23.1 Å². The van der Waals surface area contributed by atoms with E-state index in [1.54, 1.807) is 12.4 Å². The summed E-state index contributed by atoms with van der Waals surface area (Å²) in [6.45, 7) is 4.59. The molecule has 0 fully saturated rings. The van der Waals surface area contributed by atoms with Crippen molar-refractivity contribution in [2.24, 2.45) is 0 Å². The van der Waals surface area contributed by atoms with Crippen LogP contribution in [0.2, 0.25) is 0 Å². The maximum Gasteiger partial charge on any atom is 0.239 e. The van der Waals surface area contributed by atoms with E-state index in [9.17, 15) is 4.79 Å². The van der Waals surface area contributed by atoms with E-state index in [0.717, 1.165) is 21.6 Å². The predicted octanol–water partition coefficient (Wildman–Crippen LogP) is 4.09. The molecule has 3 aromatic heterocycles. The molecular weight excluding hydrogens is 392 g/mol. The van der Waals surface area contributed by atoms with Crippen molar-refractivity contribution < 1.29 is 4.79 Å². The highest BCUT2D eigenvalue weighted by Gasteiger charge is 2.21. The Kier molecular flexibility index (Phi) is 5.36. The number of rotatable bonds is 6. The number of hydrogen-bond acceptors (Lipinski definition) is 7. The Labute approximate surface area is 170 Å². The summed E-state index contributed by atoms with van der Waals surface area (Å²) in [5, 5.41) is 12.5. The average molecular weight is 411 g/mol. The van der Waals surface area contributed by atoms with E-state index in [0.29, 0.717) is 16.8 Å². The Hall–Kier alpha value is -2.78. The van der Waals surface area contributed by atoms with E-state index in [4.69, 9.17) is 0 Å². The Morgan fingerprint density at radius 3 is 2.75 bits per heavy atom. The van der Waals surface area contributed by atoms with E-state index >= 15 is 0 Å². The molecule has 7 nitrogen and oxygen atoms in total. The van der Waals surface area contributed by atoms with E-state index < -0.39 is 0 Å². The number of benzene rings is 1. The molecular formula is C19H18N6OS2. The van der Waals surface area contributed by atoms with Crippen LogP contribution in [0.25, 0.3) is 21.6 Å². The number of thioether (sulfide) groups is 1. The van der Waals surface area contributed by atoms with Gasteiger partial charge >= 0.3 is 0 Å². The fraction of sp³-hybridized carbons (Fsp3) is 0.211. The van der Waals surface area contributed by atoms with Crippen molar-refractivity contribution in [3.05, 3.63) is 48.8 Å². The number of amides is 1. The van der Waals surface area contributed by atoms with Gasteiger partial charge in [0, 0.05) is 24.5 Å². The number of fused-ring (bicyclic) bond motifs is 1. The van der Waals surface area contributed by atoms with Crippen molar-refractivity contribution in [2.75, 3.05) is 5.32 Å². The minimum Gasteiger partial charge on any atom is -0.302 e. The Morgan fingerprint density at radius 1 is 1.21 bits per heavy atom. The smallest absolute Gasteiger partial charge is 0.239 e. The molecule has 4 rings (SSSR count). The number of carbonyl (C=O) groups is 1. The number of hydrogen-bond donors (Lipinski definition) is 1. The molecule has 0 saturated heterocycles. The lowest BCUT2D eigenvalue weighted by molar-refractivity contribution is -0.115. The van der Waals surface area contributed by atoms with Gasteiger partial charge in [0.05, 0.1) is 15.5 Å². The van der Waals surface area contributed by atoms with Gasteiger partial charge in [-0.25, -0.2) is 4.98 Å².